The molecule has 0 radical (unpaired) electrons. The zero-order valence-electron chi connectivity index (χ0n) is 17.7. The Morgan fingerprint density at radius 2 is 2.00 bits per heavy atom. The third-order valence-electron chi connectivity index (χ3n) is 5.40. The summed E-state index contributed by atoms with van der Waals surface area (Å²) in [6.07, 6.45) is 2.15. The summed E-state index contributed by atoms with van der Waals surface area (Å²) in [6, 6.07) is 1.89. The average molecular weight is 389 g/mol. The van der Waals surface area contributed by atoms with Crippen molar-refractivity contribution >= 4 is 22.7 Å². The smallest absolute Gasteiger partial charge is 0.357 e. The molecule has 0 aromatic carbocycles. The lowest BCUT2D eigenvalue weighted by atomic mass is 9.96. The fourth-order valence-corrected chi connectivity index (χ4v) is 3.94. The Kier molecular flexibility index (Phi) is 6.54. The topological polar surface area (TPSA) is 69.5 Å². The number of nitrogens with zero attached hydrogens (tertiary/aromatic N) is 4. The number of carbonyl (C=O) groups is 1. The number of rotatable bonds is 7. The van der Waals surface area contributed by atoms with E-state index in [1.54, 1.807) is 7.11 Å². The van der Waals surface area contributed by atoms with Gasteiger partial charge in [-0.15, -0.1) is 0 Å². The molecule has 1 fully saturated rings. The summed E-state index contributed by atoms with van der Waals surface area (Å²) in [5.74, 6) is 0.483. The van der Waals surface area contributed by atoms with E-state index in [9.17, 15) is 4.79 Å². The molecular weight excluding hydrogens is 356 g/mol. The number of carbonyl (C=O) groups excluding carboxylic acids is 1. The maximum absolute atomic E-state index is 12.5. The first-order chi connectivity index (χ1) is 13.5. The van der Waals surface area contributed by atoms with Gasteiger partial charge in [0.15, 0.2) is 11.3 Å². The Hall–Kier alpha value is -2.15. The van der Waals surface area contributed by atoms with Crippen LogP contribution in [0.3, 0.4) is 0 Å². The molecule has 0 N–H and O–H groups in total. The number of anilines is 1. The zero-order chi connectivity index (χ0) is 20.3. The number of hydrogen-bond donors (Lipinski definition) is 0. The summed E-state index contributed by atoms with van der Waals surface area (Å²) >= 11 is 0. The van der Waals surface area contributed by atoms with Gasteiger partial charge < -0.3 is 14.4 Å². The lowest BCUT2D eigenvalue weighted by molar-refractivity contribution is 0.0520. The van der Waals surface area contributed by atoms with E-state index in [0.29, 0.717) is 24.8 Å². The van der Waals surface area contributed by atoms with E-state index in [1.165, 1.54) is 0 Å². The van der Waals surface area contributed by atoms with E-state index < -0.39 is 0 Å². The molecule has 0 atom stereocenters. The van der Waals surface area contributed by atoms with E-state index >= 15 is 0 Å². The number of aryl methyl sites for hydroxylation is 1. The van der Waals surface area contributed by atoms with Crippen LogP contribution in [-0.4, -0.2) is 54.1 Å². The fourth-order valence-electron chi connectivity index (χ4n) is 3.94. The van der Waals surface area contributed by atoms with Gasteiger partial charge in [0.25, 0.3) is 0 Å². The van der Waals surface area contributed by atoms with Crippen LogP contribution >= 0.6 is 0 Å². The van der Waals surface area contributed by atoms with E-state index in [0.717, 1.165) is 55.0 Å². The van der Waals surface area contributed by atoms with Gasteiger partial charge in [0, 0.05) is 33.4 Å². The minimum atomic E-state index is -0.380. The molecule has 3 heterocycles. The first kappa shape index (κ1) is 20.6. The minimum Gasteiger partial charge on any atom is -0.461 e. The molecule has 154 valence electrons. The molecule has 0 bridgehead atoms. The standard InChI is InChI=1S/C21H32N4O3/c1-6-25-20-18(19(23-25)14(3)4)17(12-16(22-20)21(26)28-7-2)24-10-8-15(9-11-24)13-27-5/h12,14-15H,6-11,13H2,1-5H3. The molecule has 1 saturated heterocycles. The summed E-state index contributed by atoms with van der Waals surface area (Å²) in [4.78, 5) is 19.5. The Morgan fingerprint density at radius 3 is 2.57 bits per heavy atom. The lowest BCUT2D eigenvalue weighted by Crippen LogP contribution is -2.35. The normalized spacial score (nSPS) is 15.6. The van der Waals surface area contributed by atoms with E-state index in [-0.39, 0.29) is 11.9 Å². The van der Waals surface area contributed by atoms with Crippen molar-refractivity contribution in [2.75, 3.05) is 38.3 Å². The van der Waals surface area contributed by atoms with Crippen LogP contribution in [0.25, 0.3) is 11.0 Å². The van der Waals surface area contributed by atoms with Crippen molar-refractivity contribution in [3.63, 3.8) is 0 Å². The lowest BCUT2D eigenvalue weighted by Gasteiger charge is -2.34. The van der Waals surface area contributed by atoms with Crippen LogP contribution < -0.4 is 4.90 Å². The van der Waals surface area contributed by atoms with Gasteiger partial charge in [-0.1, -0.05) is 13.8 Å². The first-order valence-electron chi connectivity index (χ1n) is 10.3. The van der Waals surface area contributed by atoms with Crippen molar-refractivity contribution in [2.24, 2.45) is 5.92 Å². The molecule has 0 aliphatic carbocycles. The Labute approximate surface area is 167 Å². The van der Waals surface area contributed by atoms with Gasteiger partial charge >= 0.3 is 5.97 Å². The van der Waals surface area contributed by atoms with Crippen molar-refractivity contribution in [1.29, 1.82) is 0 Å². The van der Waals surface area contributed by atoms with E-state index in [2.05, 4.69) is 23.7 Å². The van der Waals surface area contributed by atoms with Crippen LogP contribution in [0.15, 0.2) is 6.07 Å². The highest BCUT2D eigenvalue weighted by Gasteiger charge is 2.27. The highest BCUT2D eigenvalue weighted by atomic mass is 16.5. The van der Waals surface area contributed by atoms with Crippen LogP contribution in [0.2, 0.25) is 0 Å². The molecule has 2 aromatic heterocycles. The number of methoxy groups -OCH3 is 1. The predicted octanol–water partition coefficient (Wildman–Crippen LogP) is 3.61. The second kappa shape index (κ2) is 8.90. The van der Waals surface area contributed by atoms with Gasteiger partial charge in [-0.05, 0) is 44.6 Å². The molecule has 0 amide bonds. The number of fused-ring (bicyclic) bond motifs is 1. The maximum Gasteiger partial charge on any atom is 0.357 e. The molecule has 2 aromatic rings. The van der Waals surface area contributed by atoms with E-state index in [4.69, 9.17) is 14.6 Å². The molecule has 0 unspecified atom stereocenters. The fraction of sp³-hybridized carbons (Fsp3) is 0.667. The Bertz CT molecular complexity index is 823. The minimum absolute atomic E-state index is 0.273. The van der Waals surface area contributed by atoms with Crippen LogP contribution in [-0.2, 0) is 16.0 Å². The molecular formula is C21H32N4O3. The van der Waals surface area contributed by atoms with Gasteiger partial charge in [0.1, 0.15) is 0 Å². The Balaban J connectivity index is 2.10. The monoisotopic (exact) mass is 388 g/mol. The molecule has 1 aliphatic rings. The van der Waals surface area contributed by atoms with Crippen molar-refractivity contribution in [1.82, 2.24) is 14.8 Å². The van der Waals surface area contributed by atoms with Gasteiger partial charge in [-0.3, -0.25) is 0 Å². The molecule has 7 heteroatoms. The predicted molar refractivity (Wildman–Crippen MR) is 110 cm³/mol. The average Bonchev–Trinajstić information content (AvgIpc) is 3.07. The third kappa shape index (κ3) is 3.99. The quantitative estimate of drug-likeness (QED) is 0.675. The van der Waals surface area contributed by atoms with Crippen LogP contribution in [0.5, 0.6) is 0 Å². The third-order valence-corrected chi connectivity index (χ3v) is 5.40. The first-order valence-corrected chi connectivity index (χ1v) is 10.3. The summed E-state index contributed by atoms with van der Waals surface area (Å²) in [5.41, 5.74) is 3.21. The number of pyridine rings is 1. The summed E-state index contributed by atoms with van der Waals surface area (Å²) < 4.78 is 12.5. The number of ether oxygens (including phenoxy) is 2. The van der Waals surface area contributed by atoms with Gasteiger partial charge in [0.05, 0.1) is 23.4 Å². The number of esters is 1. The highest BCUT2D eigenvalue weighted by molar-refractivity contribution is 5.98. The number of aromatic nitrogens is 3. The second-order valence-electron chi connectivity index (χ2n) is 7.69. The molecule has 0 saturated carbocycles. The van der Waals surface area contributed by atoms with Crippen molar-refractivity contribution in [2.45, 2.75) is 53.0 Å². The van der Waals surface area contributed by atoms with Crippen LogP contribution in [0.4, 0.5) is 5.69 Å². The summed E-state index contributed by atoms with van der Waals surface area (Å²) in [5, 5.41) is 5.87. The maximum atomic E-state index is 12.5. The number of hydrogen-bond acceptors (Lipinski definition) is 6. The second-order valence-corrected chi connectivity index (χ2v) is 7.69. The van der Waals surface area contributed by atoms with Crippen molar-refractivity contribution < 1.29 is 14.3 Å². The molecule has 28 heavy (non-hydrogen) atoms. The molecule has 1 aliphatic heterocycles. The zero-order valence-corrected chi connectivity index (χ0v) is 17.7. The molecule has 3 rings (SSSR count). The van der Waals surface area contributed by atoms with Crippen LogP contribution in [0.1, 0.15) is 62.6 Å². The van der Waals surface area contributed by atoms with Gasteiger partial charge in [-0.25, -0.2) is 14.5 Å². The van der Waals surface area contributed by atoms with Crippen LogP contribution in [0, 0.1) is 5.92 Å². The largest absolute Gasteiger partial charge is 0.461 e. The summed E-state index contributed by atoms with van der Waals surface area (Å²) in [7, 11) is 1.76. The van der Waals surface area contributed by atoms with Gasteiger partial charge in [-0.2, -0.15) is 5.10 Å². The van der Waals surface area contributed by atoms with Crippen molar-refractivity contribution in [3.8, 4) is 0 Å². The SMILES string of the molecule is CCOC(=O)c1cc(N2CCC(COC)CC2)c2c(C(C)C)nn(CC)c2n1. The van der Waals surface area contributed by atoms with Crippen molar-refractivity contribution in [3.05, 3.63) is 17.5 Å². The molecule has 0 spiro atoms. The van der Waals surface area contributed by atoms with Gasteiger partial charge in [0.2, 0.25) is 0 Å². The summed E-state index contributed by atoms with van der Waals surface area (Å²) in [6.45, 7) is 11.9. The molecule has 7 nitrogen and oxygen atoms in total. The Morgan fingerprint density at radius 1 is 1.29 bits per heavy atom. The number of piperidine rings is 1. The highest BCUT2D eigenvalue weighted by Crippen LogP contribution is 2.35. The van der Waals surface area contributed by atoms with E-state index in [1.807, 2.05) is 24.6 Å².